The third-order valence-corrected chi connectivity index (χ3v) is 5.25. The second kappa shape index (κ2) is 8.34. The van der Waals surface area contributed by atoms with Crippen molar-refractivity contribution in [3.63, 3.8) is 0 Å². The van der Waals surface area contributed by atoms with Gasteiger partial charge in [-0.3, -0.25) is 14.5 Å². The van der Waals surface area contributed by atoms with Crippen molar-refractivity contribution in [2.75, 3.05) is 37.6 Å². The Kier molecular flexibility index (Phi) is 5.91. The number of anilines is 1. The summed E-state index contributed by atoms with van der Waals surface area (Å²) in [4.78, 5) is 27.8. The average Bonchev–Trinajstić information content (AvgIpc) is 3.15. The van der Waals surface area contributed by atoms with Crippen LogP contribution in [0.5, 0.6) is 0 Å². The van der Waals surface area contributed by atoms with Crippen LogP contribution >= 0.6 is 0 Å². The Balaban J connectivity index is 1.39. The van der Waals surface area contributed by atoms with E-state index in [1.165, 1.54) is 18.5 Å². The van der Waals surface area contributed by atoms with Crippen molar-refractivity contribution in [3.8, 4) is 0 Å². The summed E-state index contributed by atoms with van der Waals surface area (Å²) in [6.07, 6.45) is 4.05. The zero-order valence-corrected chi connectivity index (χ0v) is 14.7. The van der Waals surface area contributed by atoms with Crippen LogP contribution in [-0.2, 0) is 16.1 Å². The summed E-state index contributed by atoms with van der Waals surface area (Å²) in [7, 11) is 0. The number of carbonyl (C=O) groups excluding carboxylic acids is 2. The van der Waals surface area contributed by atoms with Gasteiger partial charge in [-0.05, 0) is 56.5 Å². The van der Waals surface area contributed by atoms with Crippen LogP contribution in [0.25, 0.3) is 0 Å². The van der Waals surface area contributed by atoms with E-state index < -0.39 is 0 Å². The highest BCUT2D eigenvalue weighted by Gasteiger charge is 2.24. The normalized spacial score (nSPS) is 19.1. The van der Waals surface area contributed by atoms with Crippen LogP contribution in [0, 0.1) is 5.92 Å². The quantitative estimate of drug-likeness (QED) is 0.810. The molecule has 3 N–H and O–H groups in total. The maximum Gasteiger partial charge on any atom is 0.234 e. The fourth-order valence-electron chi connectivity index (χ4n) is 3.64. The molecule has 0 bridgehead atoms. The SMILES string of the molecule is NC(=O)C1CCN(CC(=O)NCc2ccc(N3CCCC3)cc2)CC1. The van der Waals surface area contributed by atoms with E-state index in [1.54, 1.807) is 0 Å². The Hall–Kier alpha value is -2.08. The van der Waals surface area contributed by atoms with Gasteiger partial charge in [0.15, 0.2) is 0 Å². The molecule has 136 valence electrons. The van der Waals surface area contributed by atoms with E-state index in [-0.39, 0.29) is 17.7 Å². The molecular weight excluding hydrogens is 316 g/mol. The van der Waals surface area contributed by atoms with Gasteiger partial charge in [0.2, 0.25) is 11.8 Å². The molecule has 6 heteroatoms. The predicted octanol–water partition coefficient (Wildman–Crippen LogP) is 1.10. The van der Waals surface area contributed by atoms with Crippen molar-refractivity contribution in [2.45, 2.75) is 32.2 Å². The molecule has 2 heterocycles. The van der Waals surface area contributed by atoms with Crippen molar-refractivity contribution in [3.05, 3.63) is 29.8 Å². The lowest BCUT2D eigenvalue weighted by Crippen LogP contribution is -2.43. The van der Waals surface area contributed by atoms with Crippen molar-refractivity contribution >= 4 is 17.5 Å². The van der Waals surface area contributed by atoms with E-state index in [0.29, 0.717) is 13.1 Å². The predicted molar refractivity (Wildman–Crippen MR) is 98.1 cm³/mol. The lowest BCUT2D eigenvalue weighted by atomic mass is 9.96. The summed E-state index contributed by atoms with van der Waals surface area (Å²) in [5.74, 6) is -0.226. The molecule has 2 aliphatic heterocycles. The van der Waals surface area contributed by atoms with Crippen molar-refractivity contribution in [2.24, 2.45) is 11.7 Å². The largest absolute Gasteiger partial charge is 0.372 e. The molecule has 0 atom stereocenters. The first-order chi connectivity index (χ1) is 12.1. The Morgan fingerprint density at radius 3 is 2.28 bits per heavy atom. The number of primary amides is 1. The fourth-order valence-corrected chi connectivity index (χ4v) is 3.64. The van der Waals surface area contributed by atoms with E-state index in [4.69, 9.17) is 5.73 Å². The van der Waals surface area contributed by atoms with Crippen LogP contribution in [-0.4, -0.2) is 49.4 Å². The number of rotatable bonds is 6. The number of carbonyl (C=O) groups is 2. The minimum atomic E-state index is -0.221. The zero-order valence-electron chi connectivity index (χ0n) is 14.7. The van der Waals surface area contributed by atoms with Gasteiger partial charge >= 0.3 is 0 Å². The van der Waals surface area contributed by atoms with Crippen LogP contribution in [0.3, 0.4) is 0 Å². The molecule has 2 saturated heterocycles. The Morgan fingerprint density at radius 2 is 1.68 bits per heavy atom. The van der Waals surface area contributed by atoms with Gasteiger partial charge in [0.25, 0.3) is 0 Å². The second-order valence-electron chi connectivity index (χ2n) is 7.09. The molecule has 0 aliphatic carbocycles. The van der Waals surface area contributed by atoms with Crippen molar-refractivity contribution in [1.82, 2.24) is 10.2 Å². The van der Waals surface area contributed by atoms with Gasteiger partial charge in [-0.1, -0.05) is 12.1 Å². The molecule has 3 rings (SSSR count). The Morgan fingerprint density at radius 1 is 1.04 bits per heavy atom. The minimum Gasteiger partial charge on any atom is -0.372 e. The number of nitrogens with zero attached hydrogens (tertiary/aromatic N) is 2. The molecule has 0 aromatic heterocycles. The number of nitrogens with two attached hydrogens (primary N) is 1. The van der Waals surface area contributed by atoms with E-state index in [1.807, 2.05) is 0 Å². The van der Waals surface area contributed by atoms with Crippen molar-refractivity contribution < 1.29 is 9.59 Å². The van der Waals surface area contributed by atoms with Gasteiger partial charge in [-0.25, -0.2) is 0 Å². The molecule has 1 aromatic carbocycles. The number of likely N-dealkylation sites (tertiary alicyclic amines) is 1. The molecule has 1 aromatic rings. The molecule has 0 spiro atoms. The van der Waals surface area contributed by atoms with Gasteiger partial charge in [0.1, 0.15) is 0 Å². The Labute approximate surface area is 149 Å². The molecule has 0 radical (unpaired) electrons. The van der Waals surface area contributed by atoms with E-state index in [0.717, 1.165) is 44.6 Å². The van der Waals surface area contributed by atoms with Gasteiger partial charge in [-0.2, -0.15) is 0 Å². The molecule has 2 amide bonds. The molecule has 2 fully saturated rings. The average molecular weight is 344 g/mol. The van der Waals surface area contributed by atoms with Crippen LogP contribution in [0.15, 0.2) is 24.3 Å². The number of amides is 2. The molecule has 2 aliphatic rings. The summed E-state index contributed by atoms with van der Waals surface area (Å²) in [5.41, 5.74) is 7.72. The van der Waals surface area contributed by atoms with E-state index in [2.05, 4.69) is 39.4 Å². The Bertz CT molecular complexity index is 588. The number of hydrogen-bond acceptors (Lipinski definition) is 4. The number of piperidine rings is 1. The first kappa shape index (κ1) is 17.7. The van der Waals surface area contributed by atoms with Gasteiger partial charge in [0.05, 0.1) is 6.54 Å². The fraction of sp³-hybridized carbons (Fsp3) is 0.579. The number of hydrogen-bond donors (Lipinski definition) is 2. The highest BCUT2D eigenvalue weighted by Crippen LogP contribution is 2.20. The zero-order chi connectivity index (χ0) is 17.6. The first-order valence-corrected chi connectivity index (χ1v) is 9.24. The van der Waals surface area contributed by atoms with Crippen LogP contribution in [0.2, 0.25) is 0 Å². The molecule has 0 unspecified atom stereocenters. The summed E-state index contributed by atoms with van der Waals surface area (Å²) >= 11 is 0. The maximum absolute atomic E-state index is 12.1. The summed E-state index contributed by atoms with van der Waals surface area (Å²) in [6, 6.07) is 8.46. The van der Waals surface area contributed by atoms with Crippen LogP contribution in [0.4, 0.5) is 5.69 Å². The molecule has 6 nitrogen and oxygen atoms in total. The molecular formula is C19H28N4O2. The third-order valence-electron chi connectivity index (χ3n) is 5.25. The standard InChI is InChI=1S/C19H28N4O2/c20-19(25)16-7-11-22(12-8-16)14-18(24)21-13-15-3-5-17(6-4-15)23-9-1-2-10-23/h3-6,16H,1-2,7-14H2,(H2,20,25)(H,21,24). The number of benzene rings is 1. The van der Waals surface area contributed by atoms with Crippen molar-refractivity contribution in [1.29, 1.82) is 0 Å². The highest BCUT2D eigenvalue weighted by atomic mass is 16.2. The van der Waals surface area contributed by atoms with Crippen LogP contribution < -0.4 is 16.0 Å². The lowest BCUT2D eigenvalue weighted by molar-refractivity contribution is -0.124. The lowest BCUT2D eigenvalue weighted by Gasteiger charge is -2.29. The van der Waals surface area contributed by atoms with E-state index in [9.17, 15) is 9.59 Å². The summed E-state index contributed by atoms with van der Waals surface area (Å²) < 4.78 is 0. The number of nitrogens with one attached hydrogen (secondary N) is 1. The molecule has 25 heavy (non-hydrogen) atoms. The van der Waals surface area contributed by atoms with Gasteiger partial charge < -0.3 is 16.0 Å². The summed E-state index contributed by atoms with van der Waals surface area (Å²) in [6.45, 7) is 4.73. The van der Waals surface area contributed by atoms with Gasteiger partial charge in [0, 0.05) is 31.2 Å². The maximum atomic E-state index is 12.1. The topological polar surface area (TPSA) is 78.7 Å². The molecule has 0 saturated carbocycles. The third kappa shape index (κ3) is 4.95. The highest BCUT2D eigenvalue weighted by molar-refractivity contribution is 5.78. The second-order valence-corrected chi connectivity index (χ2v) is 7.09. The monoisotopic (exact) mass is 344 g/mol. The van der Waals surface area contributed by atoms with E-state index >= 15 is 0 Å². The summed E-state index contributed by atoms with van der Waals surface area (Å²) in [5, 5.41) is 2.98. The van der Waals surface area contributed by atoms with Gasteiger partial charge in [-0.15, -0.1) is 0 Å². The smallest absolute Gasteiger partial charge is 0.234 e. The minimum absolute atomic E-state index is 0.0288. The first-order valence-electron chi connectivity index (χ1n) is 9.24. The van der Waals surface area contributed by atoms with Crippen LogP contribution in [0.1, 0.15) is 31.2 Å².